The van der Waals surface area contributed by atoms with Gasteiger partial charge in [-0.15, -0.1) is 0 Å². The maximum absolute atomic E-state index is 10.4. The van der Waals surface area contributed by atoms with Crippen LogP contribution in [-0.2, 0) is 0 Å². The van der Waals surface area contributed by atoms with Crippen molar-refractivity contribution in [2.75, 3.05) is 0 Å². The summed E-state index contributed by atoms with van der Waals surface area (Å²) in [4.78, 5) is 0. The van der Waals surface area contributed by atoms with Gasteiger partial charge in [-0.3, -0.25) is 0 Å². The van der Waals surface area contributed by atoms with Gasteiger partial charge in [0.05, 0.1) is 0 Å². The van der Waals surface area contributed by atoms with Crippen LogP contribution in [0.25, 0.3) is 21.9 Å². The average Bonchev–Trinajstić information content (AvgIpc) is 2.79. The first kappa shape index (κ1) is 11.3. The van der Waals surface area contributed by atoms with Crippen molar-refractivity contribution in [1.29, 1.82) is 0 Å². The van der Waals surface area contributed by atoms with E-state index in [0.717, 1.165) is 22.1 Å². The van der Waals surface area contributed by atoms with E-state index in [9.17, 15) is 15.3 Å². The summed E-state index contributed by atoms with van der Waals surface area (Å²) in [6.07, 6.45) is -0.906. The molecule has 0 aliphatic heterocycles. The van der Waals surface area contributed by atoms with Gasteiger partial charge in [0.1, 0.15) is 6.10 Å². The van der Waals surface area contributed by atoms with Gasteiger partial charge in [0, 0.05) is 16.5 Å². The van der Waals surface area contributed by atoms with Crippen molar-refractivity contribution >= 4 is 10.8 Å². The molecule has 1 atom stereocenters. The molecule has 0 saturated heterocycles. The number of hydrogen-bond acceptors (Lipinski definition) is 3. The predicted octanol–water partition coefficient (Wildman–Crippen LogP) is 3.31. The van der Waals surface area contributed by atoms with Crippen LogP contribution in [0.2, 0.25) is 0 Å². The third kappa shape index (κ3) is 1.22. The van der Waals surface area contributed by atoms with Crippen LogP contribution in [-0.4, -0.2) is 15.3 Å². The summed E-state index contributed by atoms with van der Waals surface area (Å²) in [7, 11) is 0. The lowest BCUT2D eigenvalue weighted by Gasteiger charge is -2.12. The van der Waals surface area contributed by atoms with Crippen molar-refractivity contribution in [1.82, 2.24) is 0 Å². The molecule has 20 heavy (non-hydrogen) atoms. The van der Waals surface area contributed by atoms with Gasteiger partial charge in [-0.1, -0.05) is 48.5 Å². The van der Waals surface area contributed by atoms with Crippen LogP contribution in [0.1, 0.15) is 17.2 Å². The van der Waals surface area contributed by atoms with Gasteiger partial charge in [0.2, 0.25) is 0 Å². The Balaban J connectivity index is 2.26. The first-order valence-corrected chi connectivity index (χ1v) is 6.44. The summed E-state index contributed by atoms with van der Waals surface area (Å²) >= 11 is 0. The van der Waals surface area contributed by atoms with Gasteiger partial charge in [-0.2, -0.15) is 0 Å². The Bertz CT molecular complexity index is 852. The van der Waals surface area contributed by atoms with E-state index < -0.39 is 6.10 Å². The number of phenols is 2. The highest BCUT2D eigenvalue weighted by Crippen LogP contribution is 2.54. The lowest BCUT2D eigenvalue weighted by Crippen LogP contribution is -1.94. The Morgan fingerprint density at radius 3 is 2.20 bits per heavy atom. The van der Waals surface area contributed by atoms with E-state index in [1.165, 1.54) is 0 Å². The highest BCUT2D eigenvalue weighted by atomic mass is 16.3. The second-order valence-electron chi connectivity index (χ2n) is 5.02. The Hall–Kier alpha value is -2.52. The van der Waals surface area contributed by atoms with E-state index >= 15 is 0 Å². The first-order valence-electron chi connectivity index (χ1n) is 6.44. The van der Waals surface area contributed by atoms with Gasteiger partial charge in [-0.25, -0.2) is 0 Å². The highest BCUT2D eigenvalue weighted by Gasteiger charge is 2.33. The minimum Gasteiger partial charge on any atom is -0.504 e. The Morgan fingerprint density at radius 1 is 0.750 bits per heavy atom. The topological polar surface area (TPSA) is 60.7 Å². The standard InChI is InChI=1S/C17H12O3/c18-15-11-7-3-1-5-9(11)13-10-6-2-4-8-12(10)16(19)17(20)14(13)15/h1-8,15,18-20H. The van der Waals surface area contributed by atoms with E-state index in [0.29, 0.717) is 10.9 Å². The molecule has 98 valence electrons. The lowest BCUT2D eigenvalue weighted by molar-refractivity contribution is 0.219. The summed E-state index contributed by atoms with van der Waals surface area (Å²) in [5.74, 6) is -0.409. The lowest BCUT2D eigenvalue weighted by atomic mass is 9.96. The van der Waals surface area contributed by atoms with Crippen LogP contribution in [0, 0.1) is 0 Å². The van der Waals surface area contributed by atoms with Gasteiger partial charge in [0.15, 0.2) is 11.5 Å². The molecule has 3 aromatic rings. The molecule has 0 spiro atoms. The number of aliphatic hydroxyl groups excluding tert-OH is 1. The number of benzene rings is 3. The summed E-state index contributed by atoms with van der Waals surface area (Å²) in [5, 5.41) is 32.3. The number of phenolic OH excluding ortho intramolecular Hbond substituents is 2. The van der Waals surface area contributed by atoms with Gasteiger partial charge in [-0.05, 0) is 16.5 Å². The van der Waals surface area contributed by atoms with Crippen molar-refractivity contribution in [3.63, 3.8) is 0 Å². The largest absolute Gasteiger partial charge is 0.504 e. The van der Waals surface area contributed by atoms with Crippen molar-refractivity contribution in [3.05, 3.63) is 59.7 Å². The molecule has 0 amide bonds. The number of aromatic hydroxyl groups is 2. The molecular weight excluding hydrogens is 252 g/mol. The van der Waals surface area contributed by atoms with E-state index in [2.05, 4.69) is 0 Å². The first-order chi connectivity index (χ1) is 9.70. The van der Waals surface area contributed by atoms with Crippen LogP contribution < -0.4 is 0 Å². The predicted molar refractivity (Wildman–Crippen MR) is 76.8 cm³/mol. The van der Waals surface area contributed by atoms with Crippen LogP contribution >= 0.6 is 0 Å². The molecular formula is C17H12O3. The Kier molecular flexibility index (Phi) is 2.12. The summed E-state index contributed by atoms with van der Waals surface area (Å²) in [6.45, 7) is 0. The number of hydrogen-bond donors (Lipinski definition) is 3. The SMILES string of the molecule is Oc1c2c(c3ccccc3c1O)-c1ccccc1C2O. The van der Waals surface area contributed by atoms with Crippen molar-refractivity contribution in [2.24, 2.45) is 0 Å². The fourth-order valence-corrected chi connectivity index (χ4v) is 3.10. The van der Waals surface area contributed by atoms with Crippen LogP contribution in [0.3, 0.4) is 0 Å². The zero-order chi connectivity index (χ0) is 13.9. The molecule has 4 rings (SSSR count). The summed E-state index contributed by atoms with van der Waals surface area (Å²) in [6, 6.07) is 14.9. The van der Waals surface area contributed by atoms with Crippen LogP contribution in [0.5, 0.6) is 11.5 Å². The van der Waals surface area contributed by atoms with Gasteiger partial charge >= 0.3 is 0 Å². The molecule has 3 aromatic carbocycles. The maximum atomic E-state index is 10.4. The molecule has 1 aliphatic carbocycles. The molecule has 0 fully saturated rings. The number of fused-ring (bicyclic) bond motifs is 5. The van der Waals surface area contributed by atoms with Crippen molar-refractivity contribution in [3.8, 4) is 22.6 Å². The Labute approximate surface area is 115 Å². The summed E-state index contributed by atoms with van der Waals surface area (Å²) < 4.78 is 0. The fraction of sp³-hybridized carbons (Fsp3) is 0.0588. The second kappa shape index (κ2) is 3.74. The quantitative estimate of drug-likeness (QED) is 0.546. The van der Waals surface area contributed by atoms with Crippen LogP contribution in [0.15, 0.2) is 48.5 Å². The van der Waals surface area contributed by atoms with E-state index in [1.54, 1.807) is 6.07 Å². The molecule has 0 bridgehead atoms. The van der Waals surface area contributed by atoms with Gasteiger partial charge in [0.25, 0.3) is 0 Å². The molecule has 1 unspecified atom stereocenters. The minimum atomic E-state index is -0.906. The zero-order valence-electron chi connectivity index (χ0n) is 10.5. The van der Waals surface area contributed by atoms with Gasteiger partial charge < -0.3 is 15.3 Å². The molecule has 0 heterocycles. The number of aliphatic hydroxyl groups is 1. The van der Waals surface area contributed by atoms with E-state index in [4.69, 9.17) is 0 Å². The third-order valence-electron chi connectivity index (χ3n) is 4.00. The van der Waals surface area contributed by atoms with Crippen LogP contribution in [0.4, 0.5) is 0 Å². The zero-order valence-corrected chi connectivity index (χ0v) is 10.5. The maximum Gasteiger partial charge on any atom is 0.165 e. The van der Waals surface area contributed by atoms with Crippen molar-refractivity contribution < 1.29 is 15.3 Å². The molecule has 0 saturated carbocycles. The smallest absolute Gasteiger partial charge is 0.165 e. The number of rotatable bonds is 0. The third-order valence-corrected chi connectivity index (χ3v) is 4.00. The highest BCUT2D eigenvalue weighted by molar-refractivity contribution is 6.06. The molecule has 3 N–H and O–H groups in total. The molecule has 0 radical (unpaired) electrons. The summed E-state index contributed by atoms with van der Waals surface area (Å²) in [5.41, 5.74) is 2.86. The second-order valence-corrected chi connectivity index (χ2v) is 5.02. The molecule has 3 nitrogen and oxygen atoms in total. The fourth-order valence-electron chi connectivity index (χ4n) is 3.10. The molecule has 3 heteroatoms. The normalized spacial score (nSPS) is 16.1. The molecule has 0 aromatic heterocycles. The average molecular weight is 264 g/mol. The van der Waals surface area contributed by atoms with Crippen molar-refractivity contribution in [2.45, 2.75) is 6.10 Å². The molecule has 1 aliphatic rings. The Morgan fingerprint density at radius 2 is 1.40 bits per heavy atom. The van der Waals surface area contributed by atoms with E-state index in [1.807, 2.05) is 42.5 Å². The van der Waals surface area contributed by atoms with E-state index in [-0.39, 0.29) is 11.5 Å². The minimum absolute atomic E-state index is 0.175. The monoisotopic (exact) mass is 264 g/mol.